The molecule has 0 saturated carbocycles. The van der Waals surface area contributed by atoms with E-state index in [9.17, 15) is 17.6 Å². The molecule has 0 fully saturated rings. The van der Waals surface area contributed by atoms with Crippen LogP contribution in [0.1, 0.15) is 11.3 Å². The molecule has 1 heterocycles. The molecule has 96 valence electrons. The SMILES string of the molecule is Cc1c(C(F)(F)F)nc2c(Br)ccc(F)c2c1Cl. The Kier molecular flexibility index (Phi) is 3.27. The summed E-state index contributed by atoms with van der Waals surface area (Å²) in [6.07, 6.45) is -4.63. The molecule has 2 aromatic rings. The molecule has 7 heteroatoms. The van der Waals surface area contributed by atoms with Crippen molar-refractivity contribution in [2.24, 2.45) is 0 Å². The Hall–Kier alpha value is -0.880. The molecule has 1 aromatic heterocycles. The predicted octanol–water partition coefficient (Wildman–Crippen LogP) is 5.12. The molecule has 0 atom stereocenters. The van der Waals surface area contributed by atoms with E-state index in [0.717, 1.165) is 13.0 Å². The normalized spacial score (nSPS) is 12.2. The topological polar surface area (TPSA) is 12.9 Å². The van der Waals surface area contributed by atoms with Gasteiger partial charge in [0.05, 0.1) is 15.9 Å². The molecule has 0 N–H and O–H groups in total. The summed E-state index contributed by atoms with van der Waals surface area (Å²) in [7, 11) is 0. The zero-order valence-corrected chi connectivity index (χ0v) is 11.2. The maximum absolute atomic E-state index is 13.6. The molecule has 1 aromatic carbocycles. The fourth-order valence-corrected chi connectivity index (χ4v) is 2.31. The Bertz CT molecular complexity index is 639. The lowest BCUT2D eigenvalue weighted by atomic mass is 10.1. The van der Waals surface area contributed by atoms with E-state index in [1.807, 2.05) is 0 Å². The first-order valence-corrected chi connectivity index (χ1v) is 5.91. The van der Waals surface area contributed by atoms with E-state index >= 15 is 0 Å². The molecule has 0 aliphatic heterocycles. The Labute approximate surface area is 113 Å². The largest absolute Gasteiger partial charge is 0.433 e. The summed E-state index contributed by atoms with van der Waals surface area (Å²) in [4.78, 5) is 3.47. The van der Waals surface area contributed by atoms with Crippen molar-refractivity contribution in [3.8, 4) is 0 Å². The highest BCUT2D eigenvalue weighted by atomic mass is 79.9. The molecule has 0 bridgehead atoms. The Balaban J connectivity index is 2.97. The number of hydrogen-bond donors (Lipinski definition) is 0. The second kappa shape index (κ2) is 4.35. The maximum Gasteiger partial charge on any atom is 0.433 e. The van der Waals surface area contributed by atoms with Crippen molar-refractivity contribution in [1.29, 1.82) is 0 Å². The van der Waals surface area contributed by atoms with Crippen LogP contribution in [0.2, 0.25) is 5.02 Å². The summed E-state index contributed by atoms with van der Waals surface area (Å²) in [6, 6.07) is 2.41. The van der Waals surface area contributed by atoms with Gasteiger partial charge in [0.1, 0.15) is 11.5 Å². The van der Waals surface area contributed by atoms with Crippen LogP contribution in [0.25, 0.3) is 10.9 Å². The van der Waals surface area contributed by atoms with Crippen molar-refractivity contribution >= 4 is 38.4 Å². The van der Waals surface area contributed by atoms with E-state index in [-0.39, 0.29) is 26.0 Å². The van der Waals surface area contributed by atoms with E-state index < -0.39 is 17.7 Å². The molecule has 0 radical (unpaired) electrons. The van der Waals surface area contributed by atoms with Gasteiger partial charge in [0.15, 0.2) is 0 Å². The van der Waals surface area contributed by atoms with Crippen molar-refractivity contribution in [1.82, 2.24) is 4.98 Å². The molecular formula is C11H5BrClF4N. The van der Waals surface area contributed by atoms with Crippen LogP contribution in [0.5, 0.6) is 0 Å². The van der Waals surface area contributed by atoms with Crippen LogP contribution in [0, 0.1) is 12.7 Å². The molecule has 0 saturated heterocycles. The Morgan fingerprint density at radius 2 is 1.89 bits per heavy atom. The number of hydrogen-bond acceptors (Lipinski definition) is 1. The van der Waals surface area contributed by atoms with Crippen LogP contribution < -0.4 is 0 Å². The molecule has 0 aliphatic rings. The van der Waals surface area contributed by atoms with Crippen LogP contribution in [0.15, 0.2) is 16.6 Å². The third kappa shape index (κ3) is 2.07. The highest BCUT2D eigenvalue weighted by Gasteiger charge is 2.36. The van der Waals surface area contributed by atoms with E-state index in [4.69, 9.17) is 11.6 Å². The number of halogens is 6. The number of rotatable bonds is 0. The van der Waals surface area contributed by atoms with Gasteiger partial charge >= 0.3 is 6.18 Å². The van der Waals surface area contributed by atoms with Gasteiger partial charge in [-0.05, 0) is 40.5 Å². The average molecular weight is 343 g/mol. The monoisotopic (exact) mass is 341 g/mol. The van der Waals surface area contributed by atoms with Crippen LogP contribution in [0.4, 0.5) is 17.6 Å². The summed E-state index contributed by atoms with van der Waals surface area (Å²) in [6.45, 7) is 1.16. The molecule has 0 unspecified atom stereocenters. The molecule has 2 rings (SSSR count). The number of benzene rings is 1. The van der Waals surface area contributed by atoms with Gasteiger partial charge in [0, 0.05) is 4.47 Å². The average Bonchev–Trinajstić information content (AvgIpc) is 2.26. The minimum atomic E-state index is -4.63. The minimum absolute atomic E-state index is 0.114. The van der Waals surface area contributed by atoms with Gasteiger partial charge in [-0.25, -0.2) is 9.37 Å². The fourth-order valence-electron chi connectivity index (χ4n) is 1.62. The Morgan fingerprint density at radius 1 is 1.28 bits per heavy atom. The number of alkyl halides is 3. The van der Waals surface area contributed by atoms with E-state index in [0.29, 0.717) is 0 Å². The number of nitrogens with zero attached hydrogens (tertiary/aromatic N) is 1. The summed E-state index contributed by atoms with van der Waals surface area (Å²) in [5.41, 5.74) is -1.53. The van der Waals surface area contributed by atoms with Gasteiger partial charge in [0.2, 0.25) is 0 Å². The molecular weight excluding hydrogens is 337 g/mol. The van der Waals surface area contributed by atoms with Gasteiger partial charge in [-0.15, -0.1) is 0 Å². The van der Waals surface area contributed by atoms with E-state index in [2.05, 4.69) is 20.9 Å². The highest BCUT2D eigenvalue weighted by Crippen LogP contribution is 2.39. The summed E-state index contributed by atoms with van der Waals surface area (Å²) in [5, 5.41) is -0.386. The van der Waals surface area contributed by atoms with Crippen LogP contribution in [0.3, 0.4) is 0 Å². The van der Waals surface area contributed by atoms with Crippen LogP contribution in [-0.2, 0) is 6.18 Å². The molecule has 18 heavy (non-hydrogen) atoms. The lowest BCUT2D eigenvalue weighted by Crippen LogP contribution is -2.11. The predicted molar refractivity (Wildman–Crippen MR) is 64.2 cm³/mol. The van der Waals surface area contributed by atoms with Gasteiger partial charge in [-0.3, -0.25) is 0 Å². The Morgan fingerprint density at radius 3 is 2.44 bits per heavy atom. The zero-order chi connectivity index (χ0) is 13.7. The fraction of sp³-hybridized carbons (Fsp3) is 0.182. The lowest BCUT2D eigenvalue weighted by Gasteiger charge is -2.13. The van der Waals surface area contributed by atoms with E-state index in [1.165, 1.54) is 6.07 Å². The van der Waals surface area contributed by atoms with Crippen molar-refractivity contribution < 1.29 is 17.6 Å². The second-order valence-electron chi connectivity index (χ2n) is 3.65. The van der Waals surface area contributed by atoms with E-state index in [1.54, 1.807) is 0 Å². The van der Waals surface area contributed by atoms with Crippen molar-refractivity contribution in [2.45, 2.75) is 13.1 Å². The molecule has 0 amide bonds. The first kappa shape index (κ1) is 13.5. The summed E-state index contributed by atoms with van der Waals surface area (Å²) < 4.78 is 52.1. The van der Waals surface area contributed by atoms with Crippen LogP contribution in [-0.4, -0.2) is 4.98 Å². The van der Waals surface area contributed by atoms with Gasteiger partial charge in [-0.1, -0.05) is 11.6 Å². The van der Waals surface area contributed by atoms with Crippen molar-refractivity contribution in [2.75, 3.05) is 0 Å². The smallest absolute Gasteiger partial charge is 0.242 e. The number of pyridine rings is 1. The second-order valence-corrected chi connectivity index (χ2v) is 4.88. The maximum atomic E-state index is 13.6. The van der Waals surface area contributed by atoms with Crippen LogP contribution >= 0.6 is 27.5 Å². The first-order valence-electron chi connectivity index (χ1n) is 4.74. The highest BCUT2D eigenvalue weighted by molar-refractivity contribution is 9.10. The summed E-state index contributed by atoms with van der Waals surface area (Å²) in [5.74, 6) is -0.706. The molecule has 0 spiro atoms. The molecule has 0 aliphatic carbocycles. The third-order valence-electron chi connectivity index (χ3n) is 2.47. The van der Waals surface area contributed by atoms with Gasteiger partial charge in [0.25, 0.3) is 0 Å². The van der Waals surface area contributed by atoms with Crippen molar-refractivity contribution in [3.63, 3.8) is 0 Å². The summed E-state index contributed by atoms with van der Waals surface area (Å²) >= 11 is 8.85. The lowest BCUT2D eigenvalue weighted by molar-refractivity contribution is -0.141. The number of fused-ring (bicyclic) bond motifs is 1. The standard InChI is InChI=1S/C11H5BrClF4N/c1-4-8(13)7-6(14)3-2-5(12)9(7)18-10(4)11(15,16)17/h2-3H,1H3. The van der Waals surface area contributed by atoms with Gasteiger partial charge < -0.3 is 0 Å². The number of aromatic nitrogens is 1. The minimum Gasteiger partial charge on any atom is -0.242 e. The first-order chi connectivity index (χ1) is 8.23. The zero-order valence-electron chi connectivity index (χ0n) is 8.87. The van der Waals surface area contributed by atoms with Crippen molar-refractivity contribution in [3.05, 3.63) is 38.7 Å². The quantitative estimate of drug-likeness (QED) is 0.606. The van der Waals surface area contributed by atoms with Gasteiger partial charge in [-0.2, -0.15) is 13.2 Å². The third-order valence-corrected chi connectivity index (χ3v) is 3.59. The molecule has 1 nitrogen and oxygen atoms in total.